The molecule has 1 heterocycles. The zero-order chi connectivity index (χ0) is 23.0. The van der Waals surface area contributed by atoms with E-state index in [-0.39, 0.29) is 0 Å². The molecule has 0 amide bonds. The van der Waals surface area contributed by atoms with Gasteiger partial charge < -0.3 is 9.47 Å². The lowest BCUT2D eigenvalue weighted by Crippen LogP contribution is -2.20. The van der Waals surface area contributed by atoms with Gasteiger partial charge in [0, 0.05) is 5.39 Å². The van der Waals surface area contributed by atoms with Crippen LogP contribution in [0.4, 0.5) is 5.69 Å². The van der Waals surface area contributed by atoms with Gasteiger partial charge in [0.2, 0.25) is 0 Å². The number of hydrazone groups is 1. The molecule has 0 unspecified atom stereocenters. The zero-order valence-corrected chi connectivity index (χ0v) is 18.9. The summed E-state index contributed by atoms with van der Waals surface area (Å²) in [5.74, 6) is 1.91. The molecule has 166 valence electrons. The SMILES string of the molecule is CCOc1ccc(/C=N/NC(=Nc2ccc(C)cc2)c2ccc3ccccc3n2)cc1OC. The second-order valence-electron chi connectivity index (χ2n) is 7.40. The molecule has 0 saturated carbocycles. The van der Waals surface area contributed by atoms with Crippen LogP contribution in [0.2, 0.25) is 0 Å². The number of aromatic nitrogens is 1. The van der Waals surface area contributed by atoms with Crippen LogP contribution in [0.3, 0.4) is 0 Å². The monoisotopic (exact) mass is 438 g/mol. The number of rotatable bonds is 7. The summed E-state index contributed by atoms with van der Waals surface area (Å²) in [5, 5.41) is 5.49. The average molecular weight is 439 g/mol. The molecule has 0 aliphatic carbocycles. The molecule has 0 aliphatic rings. The Labute approximate surface area is 193 Å². The average Bonchev–Trinajstić information content (AvgIpc) is 2.85. The lowest BCUT2D eigenvalue weighted by molar-refractivity contribution is 0.311. The van der Waals surface area contributed by atoms with Crippen LogP contribution in [0.1, 0.15) is 23.7 Å². The number of ether oxygens (including phenoxy) is 2. The van der Waals surface area contributed by atoms with Gasteiger partial charge >= 0.3 is 0 Å². The quantitative estimate of drug-likeness (QED) is 0.230. The first-order chi connectivity index (χ1) is 16.2. The van der Waals surface area contributed by atoms with Gasteiger partial charge in [-0.15, -0.1) is 0 Å². The van der Waals surface area contributed by atoms with Crippen LogP contribution < -0.4 is 14.9 Å². The molecule has 0 saturated heterocycles. The highest BCUT2D eigenvalue weighted by molar-refractivity contribution is 6.00. The predicted octanol–water partition coefficient (Wildman–Crippen LogP) is 5.65. The van der Waals surface area contributed by atoms with E-state index < -0.39 is 0 Å². The predicted molar refractivity (Wildman–Crippen MR) is 134 cm³/mol. The molecule has 4 aromatic rings. The minimum absolute atomic E-state index is 0.554. The summed E-state index contributed by atoms with van der Waals surface area (Å²) in [6, 6.07) is 25.6. The summed E-state index contributed by atoms with van der Waals surface area (Å²) in [6.07, 6.45) is 1.71. The summed E-state index contributed by atoms with van der Waals surface area (Å²) in [5.41, 5.74) is 7.53. The Morgan fingerprint density at radius 2 is 1.79 bits per heavy atom. The van der Waals surface area contributed by atoms with Crippen molar-refractivity contribution in [1.82, 2.24) is 10.4 Å². The largest absolute Gasteiger partial charge is 0.493 e. The summed E-state index contributed by atoms with van der Waals surface area (Å²) in [6.45, 7) is 4.56. The van der Waals surface area contributed by atoms with Crippen molar-refractivity contribution in [1.29, 1.82) is 0 Å². The van der Waals surface area contributed by atoms with Crippen molar-refractivity contribution in [3.05, 3.63) is 95.7 Å². The molecule has 6 heteroatoms. The maximum absolute atomic E-state index is 5.58. The van der Waals surface area contributed by atoms with Gasteiger partial charge in [-0.2, -0.15) is 5.10 Å². The number of aliphatic imine (C=N–C) groups is 1. The Kier molecular flexibility index (Phi) is 6.95. The van der Waals surface area contributed by atoms with Crippen LogP contribution in [0.5, 0.6) is 11.5 Å². The Morgan fingerprint density at radius 3 is 2.58 bits per heavy atom. The maximum atomic E-state index is 5.58. The van der Waals surface area contributed by atoms with Crippen molar-refractivity contribution >= 4 is 28.6 Å². The second-order valence-corrected chi connectivity index (χ2v) is 7.40. The number of nitrogens with zero attached hydrogens (tertiary/aromatic N) is 3. The zero-order valence-electron chi connectivity index (χ0n) is 18.9. The van der Waals surface area contributed by atoms with Gasteiger partial charge in [-0.1, -0.05) is 42.0 Å². The van der Waals surface area contributed by atoms with Crippen molar-refractivity contribution < 1.29 is 9.47 Å². The molecule has 0 bridgehead atoms. The lowest BCUT2D eigenvalue weighted by Gasteiger charge is -2.10. The molecule has 1 aromatic heterocycles. The molecule has 0 spiro atoms. The molecule has 33 heavy (non-hydrogen) atoms. The molecule has 0 aliphatic heterocycles. The molecule has 3 aromatic carbocycles. The van der Waals surface area contributed by atoms with E-state index in [9.17, 15) is 0 Å². The van der Waals surface area contributed by atoms with E-state index in [2.05, 4.69) is 10.5 Å². The first-order valence-electron chi connectivity index (χ1n) is 10.8. The van der Waals surface area contributed by atoms with Gasteiger partial charge in [0.1, 0.15) is 5.69 Å². The Morgan fingerprint density at radius 1 is 0.970 bits per heavy atom. The fraction of sp³-hybridized carbons (Fsp3) is 0.148. The molecule has 0 radical (unpaired) electrons. The molecule has 1 N–H and O–H groups in total. The number of hydrogen-bond donors (Lipinski definition) is 1. The highest BCUT2D eigenvalue weighted by Crippen LogP contribution is 2.27. The smallest absolute Gasteiger partial charge is 0.173 e. The first kappa shape index (κ1) is 22.0. The minimum Gasteiger partial charge on any atom is -0.493 e. The Balaban J connectivity index is 1.64. The van der Waals surface area contributed by atoms with E-state index in [1.807, 2.05) is 92.7 Å². The van der Waals surface area contributed by atoms with Crippen molar-refractivity contribution in [3.63, 3.8) is 0 Å². The van der Waals surface area contributed by atoms with Crippen LogP contribution in [-0.2, 0) is 0 Å². The number of pyridine rings is 1. The van der Waals surface area contributed by atoms with Gasteiger partial charge in [0.25, 0.3) is 0 Å². The standard InChI is InChI=1S/C27H26N4O2/c1-4-33-25-16-11-20(17-26(25)32-3)18-28-31-27(29-22-13-9-19(2)10-14-22)24-15-12-21-7-5-6-8-23(21)30-24/h5-18H,4H2,1-3H3,(H,29,31)/b28-18+. The summed E-state index contributed by atoms with van der Waals surface area (Å²) in [7, 11) is 1.62. The number of amidine groups is 1. The van der Waals surface area contributed by atoms with Gasteiger partial charge in [0.15, 0.2) is 17.3 Å². The normalized spacial score (nSPS) is 11.7. The Bertz CT molecular complexity index is 1300. The van der Waals surface area contributed by atoms with Crippen molar-refractivity contribution in [3.8, 4) is 11.5 Å². The number of nitrogens with one attached hydrogen (secondary N) is 1. The molecule has 6 nitrogen and oxygen atoms in total. The highest BCUT2D eigenvalue weighted by atomic mass is 16.5. The maximum Gasteiger partial charge on any atom is 0.173 e. The molecule has 0 atom stereocenters. The van der Waals surface area contributed by atoms with Crippen molar-refractivity contribution in [2.45, 2.75) is 13.8 Å². The van der Waals surface area contributed by atoms with E-state index in [1.165, 1.54) is 5.56 Å². The van der Waals surface area contributed by atoms with E-state index in [4.69, 9.17) is 19.5 Å². The first-order valence-corrected chi connectivity index (χ1v) is 10.8. The van der Waals surface area contributed by atoms with Crippen LogP contribution in [0, 0.1) is 6.92 Å². The summed E-state index contributed by atoms with van der Waals surface area (Å²) >= 11 is 0. The number of fused-ring (bicyclic) bond motifs is 1. The number of para-hydroxylation sites is 1. The fourth-order valence-electron chi connectivity index (χ4n) is 3.29. The third-order valence-electron chi connectivity index (χ3n) is 4.99. The third kappa shape index (κ3) is 5.54. The third-order valence-corrected chi connectivity index (χ3v) is 4.99. The Hall–Kier alpha value is -4.19. The van der Waals surface area contributed by atoms with E-state index in [1.54, 1.807) is 13.3 Å². The molecule has 4 rings (SSSR count). The van der Waals surface area contributed by atoms with E-state index in [0.717, 1.165) is 22.2 Å². The fourth-order valence-corrected chi connectivity index (χ4v) is 3.29. The van der Waals surface area contributed by atoms with E-state index in [0.29, 0.717) is 29.6 Å². The molecule has 0 fully saturated rings. The van der Waals surface area contributed by atoms with Crippen molar-refractivity contribution in [2.75, 3.05) is 13.7 Å². The van der Waals surface area contributed by atoms with Crippen LogP contribution in [-0.4, -0.2) is 30.8 Å². The van der Waals surface area contributed by atoms with Crippen LogP contribution in [0.25, 0.3) is 10.9 Å². The van der Waals surface area contributed by atoms with Crippen LogP contribution in [0.15, 0.2) is 89.0 Å². The van der Waals surface area contributed by atoms with Gasteiger partial charge in [0.05, 0.1) is 31.1 Å². The summed E-state index contributed by atoms with van der Waals surface area (Å²) in [4.78, 5) is 9.54. The number of hydrogen-bond acceptors (Lipinski definition) is 5. The number of benzene rings is 3. The van der Waals surface area contributed by atoms with Crippen LogP contribution >= 0.6 is 0 Å². The lowest BCUT2D eigenvalue weighted by atomic mass is 10.2. The molecular weight excluding hydrogens is 412 g/mol. The second kappa shape index (κ2) is 10.4. The molecular formula is C27H26N4O2. The number of aryl methyl sites for hydroxylation is 1. The van der Waals surface area contributed by atoms with Gasteiger partial charge in [-0.05, 0) is 61.9 Å². The van der Waals surface area contributed by atoms with Gasteiger partial charge in [-0.3, -0.25) is 5.43 Å². The highest BCUT2D eigenvalue weighted by Gasteiger charge is 2.08. The summed E-state index contributed by atoms with van der Waals surface area (Å²) < 4.78 is 11.0. The minimum atomic E-state index is 0.554. The van der Waals surface area contributed by atoms with Gasteiger partial charge in [-0.25, -0.2) is 9.98 Å². The topological polar surface area (TPSA) is 68.1 Å². The van der Waals surface area contributed by atoms with Crippen molar-refractivity contribution in [2.24, 2.45) is 10.1 Å². The van der Waals surface area contributed by atoms with E-state index >= 15 is 0 Å². The number of methoxy groups -OCH3 is 1.